The fourth-order valence-corrected chi connectivity index (χ4v) is 2.17. The summed E-state index contributed by atoms with van der Waals surface area (Å²) in [5.41, 5.74) is 0.761. The van der Waals surface area contributed by atoms with Crippen molar-refractivity contribution in [1.29, 1.82) is 0 Å². The van der Waals surface area contributed by atoms with Gasteiger partial charge >= 0.3 is 6.18 Å². The summed E-state index contributed by atoms with van der Waals surface area (Å²) in [6.07, 6.45) is -2.13. The Bertz CT molecular complexity index is 597. The highest BCUT2D eigenvalue weighted by Gasteiger charge is 2.30. The lowest BCUT2D eigenvalue weighted by atomic mass is 10.2. The van der Waals surface area contributed by atoms with Crippen LogP contribution in [0, 0.1) is 0 Å². The summed E-state index contributed by atoms with van der Waals surface area (Å²) < 4.78 is 38.9. The molecule has 100 valence electrons. The van der Waals surface area contributed by atoms with Gasteiger partial charge in [0, 0.05) is 5.92 Å². The first-order chi connectivity index (χ1) is 8.95. The maximum atomic E-state index is 12.5. The SMILES string of the molecule is FC(F)(F)c1ccc(-n2nc(C3CC3)cc2Cl)cc1. The van der Waals surface area contributed by atoms with E-state index in [-0.39, 0.29) is 0 Å². The fourth-order valence-electron chi connectivity index (χ4n) is 1.93. The Morgan fingerprint density at radius 2 is 1.79 bits per heavy atom. The van der Waals surface area contributed by atoms with E-state index < -0.39 is 11.7 Å². The van der Waals surface area contributed by atoms with Crippen molar-refractivity contribution in [3.8, 4) is 5.69 Å². The van der Waals surface area contributed by atoms with Gasteiger partial charge in [0.15, 0.2) is 0 Å². The standard InChI is InChI=1S/C13H10ClF3N2/c14-12-7-11(8-1-2-8)18-19(12)10-5-3-9(4-6-10)13(15,16)17/h3-8H,1-2H2. The Balaban J connectivity index is 1.93. The first-order valence-electron chi connectivity index (χ1n) is 5.88. The molecular formula is C13H10ClF3N2. The number of alkyl halides is 3. The van der Waals surface area contributed by atoms with Crippen molar-refractivity contribution < 1.29 is 13.2 Å². The molecule has 1 aromatic heterocycles. The van der Waals surface area contributed by atoms with Gasteiger partial charge in [0.1, 0.15) is 5.15 Å². The van der Waals surface area contributed by atoms with Crippen molar-refractivity contribution in [2.75, 3.05) is 0 Å². The molecule has 1 fully saturated rings. The zero-order valence-corrected chi connectivity index (χ0v) is 10.5. The van der Waals surface area contributed by atoms with Gasteiger partial charge in [-0.1, -0.05) is 11.6 Å². The van der Waals surface area contributed by atoms with Gasteiger partial charge in [-0.15, -0.1) is 0 Å². The molecule has 1 saturated carbocycles. The predicted molar refractivity (Wildman–Crippen MR) is 65.6 cm³/mol. The van der Waals surface area contributed by atoms with Gasteiger partial charge in [-0.05, 0) is 43.2 Å². The van der Waals surface area contributed by atoms with E-state index in [2.05, 4.69) is 5.10 Å². The highest BCUT2D eigenvalue weighted by molar-refractivity contribution is 6.29. The molecule has 0 saturated heterocycles. The second-order valence-electron chi connectivity index (χ2n) is 4.62. The van der Waals surface area contributed by atoms with Crippen molar-refractivity contribution in [1.82, 2.24) is 9.78 Å². The molecule has 1 heterocycles. The largest absolute Gasteiger partial charge is 0.416 e. The van der Waals surface area contributed by atoms with Gasteiger partial charge in [0.2, 0.25) is 0 Å². The van der Waals surface area contributed by atoms with E-state index in [1.54, 1.807) is 6.07 Å². The number of hydrogen-bond donors (Lipinski definition) is 0. The van der Waals surface area contributed by atoms with Crippen molar-refractivity contribution in [3.05, 3.63) is 46.7 Å². The van der Waals surface area contributed by atoms with Crippen molar-refractivity contribution >= 4 is 11.6 Å². The smallest absolute Gasteiger partial charge is 0.222 e. The molecule has 0 atom stereocenters. The molecule has 3 rings (SSSR count). The maximum Gasteiger partial charge on any atom is 0.416 e. The second-order valence-corrected chi connectivity index (χ2v) is 5.01. The molecule has 0 bridgehead atoms. The third-order valence-corrected chi connectivity index (χ3v) is 3.39. The average Bonchev–Trinajstić information content (AvgIpc) is 3.12. The second kappa shape index (κ2) is 4.27. The zero-order valence-electron chi connectivity index (χ0n) is 9.78. The molecule has 1 aliphatic rings. The Morgan fingerprint density at radius 3 is 2.32 bits per heavy atom. The van der Waals surface area contributed by atoms with E-state index in [9.17, 15) is 13.2 Å². The van der Waals surface area contributed by atoms with E-state index in [0.29, 0.717) is 16.8 Å². The third-order valence-electron chi connectivity index (χ3n) is 3.12. The Morgan fingerprint density at radius 1 is 1.16 bits per heavy atom. The molecule has 1 aliphatic carbocycles. The van der Waals surface area contributed by atoms with E-state index in [1.165, 1.54) is 16.8 Å². The molecule has 19 heavy (non-hydrogen) atoms. The molecule has 1 aromatic carbocycles. The molecule has 2 aromatic rings. The van der Waals surface area contributed by atoms with Gasteiger partial charge in [0.25, 0.3) is 0 Å². The molecular weight excluding hydrogens is 277 g/mol. The van der Waals surface area contributed by atoms with Crippen LogP contribution >= 0.6 is 11.6 Å². The number of halogens is 4. The summed E-state index contributed by atoms with van der Waals surface area (Å²) in [7, 11) is 0. The summed E-state index contributed by atoms with van der Waals surface area (Å²) in [4.78, 5) is 0. The highest BCUT2D eigenvalue weighted by Crippen LogP contribution is 2.40. The van der Waals surface area contributed by atoms with Crippen molar-refractivity contribution in [2.45, 2.75) is 24.9 Å². The summed E-state index contributed by atoms with van der Waals surface area (Å²) >= 11 is 6.06. The van der Waals surface area contributed by atoms with Crippen LogP contribution in [0.4, 0.5) is 13.2 Å². The first kappa shape index (κ1) is 12.5. The number of aromatic nitrogens is 2. The van der Waals surface area contributed by atoms with Crippen LogP contribution in [0.1, 0.15) is 30.0 Å². The van der Waals surface area contributed by atoms with E-state index in [0.717, 1.165) is 30.7 Å². The van der Waals surface area contributed by atoms with Crippen molar-refractivity contribution in [3.63, 3.8) is 0 Å². The number of rotatable bonds is 2. The molecule has 0 amide bonds. The van der Waals surface area contributed by atoms with Gasteiger partial charge in [-0.2, -0.15) is 18.3 Å². The number of hydrogen-bond acceptors (Lipinski definition) is 1. The molecule has 0 N–H and O–H groups in total. The lowest BCUT2D eigenvalue weighted by Gasteiger charge is -2.08. The lowest BCUT2D eigenvalue weighted by molar-refractivity contribution is -0.137. The minimum absolute atomic E-state index is 0.418. The Hall–Kier alpha value is -1.49. The van der Waals surface area contributed by atoms with Crippen LogP contribution in [-0.2, 0) is 6.18 Å². The molecule has 2 nitrogen and oxygen atoms in total. The van der Waals surface area contributed by atoms with Gasteiger partial charge in [-0.3, -0.25) is 0 Å². The Kier molecular flexibility index (Phi) is 2.82. The lowest BCUT2D eigenvalue weighted by Crippen LogP contribution is -2.05. The quantitative estimate of drug-likeness (QED) is 0.799. The topological polar surface area (TPSA) is 17.8 Å². The zero-order chi connectivity index (χ0) is 13.6. The minimum atomic E-state index is -4.33. The van der Waals surface area contributed by atoms with Crippen LogP contribution in [0.3, 0.4) is 0 Å². The van der Waals surface area contributed by atoms with E-state index >= 15 is 0 Å². The number of nitrogens with zero attached hydrogens (tertiary/aromatic N) is 2. The normalized spacial score (nSPS) is 15.8. The highest BCUT2D eigenvalue weighted by atomic mass is 35.5. The van der Waals surface area contributed by atoms with Crippen LogP contribution in [0.25, 0.3) is 5.69 Å². The third kappa shape index (κ3) is 2.47. The van der Waals surface area contributed by atoms with Crippen LogP contribution in [0.5, 0.6) is 0 Å². The van der Waals surface area contributed by atoms with Crippen molar-refractivity contribution in [2.24, 2.45) is 0 Å². The summed E-state index contributed by atoms with van der Waals surface area (Å²) in [5, 5.41) is 4.76. The Labute approximate surface area is 112 Å². The maximum absolute atomic E-state index is 12.5. The number of benzene rings is 1. The molecule has 6 heteroatoms. The molecule has 0 unspecified atom stereocenters. The summed E-state index contributed by atoms with van der Waals surface area (Å²) in [5.74, 6) is 0.452. The van der Waals surface area contributed by atoms with Crippen LogP contribution < -0.4 is 0 Å². The van der Waals surface area contributed by atoms with Crippen LogP contribution in [0.15, 0.2) is 30.3 Å². The van der Waals surface area contributed by atoms with Crippen LogP contribution in [0.2, 0.25) is 5.15 Å². The molecule has 0 aliphatic heterocycles. The minimum Gasteiger partial charge on any atom is -0.222 e. The van der Waals surface area contributed by atoms with Gasteiger partial charge in [0.05, 0.1) is 16.9 Å². The average molecular weight is 287 g/mol. The van der Waals surface area contributed by atoms with Gasteiger partial charge in [-0.25, -0.2) is 4.68 Å². The predicted octanol–water partition coefficient (Wildman–Crippen LogP) is 4.42. The summed E-state index contributed by atoms with van der Waals surface area (Å²) in [6, 6.07) is 6.59. The fraction of sp³-hybridized carbons (Fsp3) is 0.308. The molecule has 0 radical (unpaired) electrons. The van der Waals surface area contributed by atoms with Gasteiger partial charge < -0.3 is 0 Å². The van der Waals surface area contributed by atoms with E-state index in [1.807, 2.05) is 0 Å². The monoisotopic (exact) mass is 286 g/mol. The summed E-state index contributed by atoms with van der Waals surface area (Å²) in [6.45, 7) is 0. The van der Waals surface area contributed by atoms with Crippen LogP contribution in [-0.4, -0.2) is 9.78 Å². The first-order valence-corrected chi connectivity index (χ1v) is 6.26. The molecule has 0 spiro atoms. The van der Waals surface area contributed by atoms with E-state index in [4.69, 9.17) is 11.6 Å².